The van der Waals surface area contributed by atoms with Crippen LogP contribution >= 0.6 is 11.9 Å². The van der Waals surface area contributed by atoms with Crippen molar-refractivity contribution in [1.29, 1.82) is 0 Å². The van der Waals surface area contributed by atoms with Gasteiger partial charge >= 0.3 is 0 Å². The fourth-order valence-corrected chi connectivity index (χ4v) is 2.95. The third-order valence-corrected chi connectivity index (χ3v) is 4.00. The molecular formula is C11H18N2S. The van der Waals surface area contributed by atoms with Crippen molar-refractivity contribution >= 4 is 11.9 Å². The van der Waals surface area contributed by atoms with Crippen LogP contribution in [-0.4, -0.2) is 14.7 Å². The van der Waals surface area contributed by atoms with Crippen LogP contribution in [0.1, 0.15) is 43.4 Å². The predicted molar refractivity (Wildman–Crippen MR) is 61.8 cm³/mol. The van der Waals surface area contributed by atoms with Crippen LogP contribution in [0, 0.1) is 6.92 Å². The molecule has 2 nitrogen and oxygen atoms in total. The molecule has 1 aliphatic carbocycles. The molecule has 1 aromatic heterocycles. The average Bonchev–Trinajstić information content (AvgIpc) is 2.51. The van der Waals surface area contributed by atoms with Crippen molar-refractivity contribution in [3.63, 3.8) is 0 Å². The van der Waals surface area contributed by atoms with Crippen molar-refractivity contribution < 1.29 is 0 Å². The number of rotatable bonds is 3. The average molecular weight is 210 g/mol. The Bertz CT molecular complexity index is 317. The number of nitrogens with zero attached hydrogens (tertiary/aromatic N) is 2. The Morgan fingerprint density at radius 1 is 1.36 bits per heavy atom. The van der Waals surface area contributed by atoms with Crippen molar-refractivity contribution in [2.75, 3.05) is 5.75 Å². The van der Waals surface area contributed by atoms with Gasteiger partial charge in [0.1, 0.15) is 5.82 Å². The summed E-state index contributed by atoms with van der Waals surface area (Å²) < 4.78 is 2.36. The number of aromatic nitrogens is 2. The second-order valence-corrected chi connectivity index (χ2v) is 4.92. The van der Waals surface area contributed by atoms with E-state index in [4.69, 9.17) is 0 Å². The number of hydrogen-bond acceptors (Lipinski definition) is 2. The normalized spacial score (nSPS) is 15.6. The van der Waals surface area contributed by atoms with E-state index >= 15 is 0 Å². The van der Waals surface area contributed by atoms with Crippen LogP contribution in [0.4, 0.5) is 0 Å². The standard InChI is InChI=1S/C11H18N2S/c1-3-8-14-13-9(2)12-10-6-4-5-7-11(10)13/h3-8H2,1-2H3. The summed E-state index contributed by atoms with van der Waals surface area (Å²) in [6.45, 7) is 4.35. The van der Waals surface area contributed by atoms with E-state index < -0.39 is 0 Å². The van der Waals surface area contributed by atoms with E-state index in [1.165, 1.54) is 55.1 Å². The Morgan fingerprint density at radius 2 is 2.14 bits per heavy atom. The zero-order valence-corrected chi connectivity index (χ0v) is 9.86. The maximum atomic E-state index is 4.65. The minimum Gasteiger partial charge on any atom is -0.274 e. The van der Waals surface area contributed by atoms with Gasteiger partial charge in [-0.05, 0) is 51.0 Å². The SMILES string of the molecule is CCCSn1c(C)nc2c1CCCC2. The molecule has 0 amide bonds. The molecule has 0 fully saturated rings. The van der Waals surface area contributed by atoms with Crippen molar-refractivity contribution in [2.45, 2.75) is 46.0 Å². The first-order valence-corrected chi connectivity index (χ1v) is 6.47. The Morgan fingerprint density at radius 3 is 2.93 bits per heavy atom. The second kappa shape index (κ2) is 4.39. The summed E-state index contributed by atoms with van der Waals surface area (Å²) in [6, 6.07) is 0. The summed E-state index contributed by atoms with van der Waals surface area (Å²) in [6.07, 6.45) is 6.31. The third kappa shape index (κ3) is 1.83. The Kier molecular flexibility index (Phi) is 3.16. The Hall–Kier alpha value is -0.440. The van der Waals surface area contributed by atoms with Crippen LogP contribution in [0.25, 0.3) is 0 Å². The summed E-state index contributed by atoms with van der Waals surface area (Å²) in [5.74, 6) is 2.39. The highest BCUT2D eigenvalue weighted by Gasteiger charge is 2.17. The van der Waals surface area contributed by atoms with E-state index in [0.717, 1.165) is 0 Å². The lowest BCUT2D eigenvalue weighted by Gasteiger charge is -2.13. The molecule has 0 saturated heterocycles. The molecule has 1 heterocycles. The zero-order valence-electron chi connectivity index (χ0n) is 9.05. The summed E-state index contributed by atoms with van der Waals surface area (Å²) in [7, 11) is 0. The van der Waals surface area contributed by atoms with Gasteiger partial charge in [-0.15, -0.1) is 0 Å². The van der Waals surface area contributed by atoms with E-state index in [1.54, 1.807) is 0 Å². The predicted octanol–water partition coefficient (Wildman–Crippen LogP) is 2.98. The summed E-state index contributed by atoms with van der Waals surface area (Å²) >= 11 is 1.92. The first-order chi connectivity index (χ1) is 6.83. The minimum atomic E-state index is 1.19. The molecule has 0 radical (unpaired) electrons. The molecule has 1 aliphatic rings. The number of aryl methyl sites for hydroxylation is 2. The molecule has 1 aromatic rings. The van der Waals surface area contributed by atoms with Gasteiger partial charge in [-0.1, -0.05) is 6.92 Å². The molecule has 2 rings (SSSR count). The second-order valence-electron chi connectivity index (χ2n) is 3.89. The van der Waals surface area contributed by atoms with Gasteiger partial charge in [-0.3, -0.25) is 3.97 Å². The minimum absolute atomic E-state index is 1.19. The summed E-state index contributed by atoms with van der Waals surface area (Å²) in [5, 5.41) is 0. The van der Waals surface area contributed by atoms with Crippen molar-refractivity contribution in [3.8, 4) is 0 Å². The third-order valence-electron chi connectivity index (χ3n) is 2.67. The molecular weight excluding hydrogens is 192 g/mol. The lowest BCUT2D eigenvalue weighted by atomic mass is 10.0. The van der Waals surface area contributed by atoms with E-state index in [1.807, 2.05) is 11.9 Å². The van der Waals surface area contributed by atoms with Crippen LogP contribution in [0.15, 0.2) is 0 Å². The molecule has 0 spiro atoms. The number of hydrogen-bond donors (Lipinski definition) is 0. The van der Waals surface area contributed by atoms with Crippen LogP contribution in [0.5, 0.6) is 0 Å². The van der Waals surface area contributed by atoms with Crippen LogP contribution in [-0.2, 0) is 12.8 Å². The fourth-order valence-electron chi connectivity index (χ4n) is 2.00. The lowest BCUT2D eigenvalue weighted by molar-refractivity contribution is 0.663. The van der Waals surface area contributed by atoms with E-state index in [9.17, 15) is 0 Å². The molecule has 0 N–H and O–H groups in total. The number of imidazole rings is 1. The fraction of sp³-hybridized carbons (Fsp3) is 0.727. The molecule has 0 saturated carbocycles. The monoisotopic (exact) mass is 210 g/mol. The van der Waals surface area contributed by atoms with Gasteiger partial charge in [0.25, 0.3) is 0 Å². The van der Waals surface area contributed by atoms with Gasteiger partial charge < -0.3 is 0 Å². The van der Waals surface area contributed by atoms with Crippen LogP contribution in [0.3, 0.4) is 0 Å². The van der Waals surface area contributed by atoms with Crippen molar-refractivity contribution in [1.82, 2.24) is 8.96 Å². The highest BCUT2D eigenvalue weighted by Crippen LogP contribution is 2.25. The lowest BCUT2D eigenvalue weighted by Crippen LogP contribution is -2.05. The zero-order chi connectivity index (χ0) is 9.97. The van der Waals surface area contributed by atoms with Gasteiger partial charge in [0.05, 0.1) is 11.4 Å². The number of fused-ring (bicyclic) bond motifs is 1. The molecule has 0 aromatic carbocycles. The topological polar surface area (TPSA) is 17.8 Å². The van der Waals surface area contributed by atoms with Crippen LogP contribution < -0.4 is 0 Å². The van der Waals surface area contributed by atoms with Gasteiger partial charge in [0.15, 0.2) is 0 Å². The molecule has 78 valence electrons. The van der Waals surface area contributed by atoms with E-state index in [-0.39, 0.29) is 0 Å². The Labute approximate surface area is 90.2 Å². The first kappa shape index (κ1) is 10.1. The largest absolute Gasteiger partial charge is 0.274 e. The van der Waals surface area contributed by atoms with Crippen molar-refractivity contribution in [2.24, 2.45) is 0 Å². The van der Waals surface area contributed by atoms with Crippen molar-refractivity contribution in [3.05, 3.63) is 17.2 Å². The van der Waals surface area contributed by atoms with Gasteiger partial charge in [-0.25, -0.2) is 4.98 Å². The summed E-state index contributed by atoms with van der Waals surface area (Å²) in [5.41, 5.74) is 2.85. The van der Waals surface area contributed by atoms with E-state index in [0.29, 0.717) is 0 Å². The molecule has 0 aliphatic heterocycles. The maximum Gasteiger partial charge on any atom is 0.116 e. The van der Waals surface area contributed by atoms with Crippen LogP contribution in [0.2, 0.25) is 0 Å². The van der Waals surface area contributed by atoms with Gasteiger partial charge in [0.2, 0.25) is 0 Å². The summed E-state index contributed by atoms with van der Waals surface area (Å²) in [4.78, 5) is 4.65. The highest BCUT2D eigenvalue weighted by atomic mass is 32.2. The first-order valence-electron chi connectivity index (χ1n) is 5.53. The van der Waals surface area contributed by atoms with E-state index in [2.05, 4.69) is 22.8 Å². The maximum absolute atomic E-state index is 4.65. The van der Waals surface area contributed by atoms with Gasteiger partial charge in [0, 0.05) is 5.75 Å². The smallest absolute Gasteiger partial charge is 0.116 e. The van der Waals surface area contributed by atoms with Gasteiger partial charge in [-0.2, -0.15) is 0 Å². The molecule has 0 bridgehead atoms. The quantitative estimate of drug-likeness (QED) is 0.763. The Balaban J connectivity index is 2.24. The molecule has 3 heteroatoms. The molecule has 0 unspecified atom stereocenters. The highest BCUT2D eigenvalue weighted by molar-refractivity contribution is 7.97. The molecule has 0 atom stereocenters. The molecule has 14 heavy (non-hydrogen) atoms.